The van der Waals surface area contributed by atoms with E-state index in [0.717, 1.165) is 0 Å². The summed E-state index contributed by atoms with van der Waals surface area (Å²) in [5.74, 6) is -0.252. The van der Waals surface area contributed by atoms with Crippen molar-refractivity contribution < 1.29 is 17.8 Å². The van der Waals surface area contributed by atoms with Gasteiger partial charge in [-0.2, -0.15) is 21.0 Å². The molecule has 1 amide bonds. The third kappa shape index (κ3) is 5.28. The van der Waals surface area contributed by atoms with Gasteiger partial charge in [-0.1, -0.05) is 0 Å². The van der Waals surface area contributed by atoms with Crippen LogP contribution >= 0.6 is 12.6 Å². The molecule has 0 bridgehead atoms. The first-order valence-electron chi connectivity index (χ1n) is 3.92. The van der Waals surface area contributed by atoms with Crippen LogP contribution in [0.2, 0.25) is 0 Å². The number of amides is 1. The SMILES string of the molecule is O=C(CS)Nc1ccc(S(=O)(=O)O)cc1.[KH]. The van der Waals surface area contributed by atoms with Crippen LogP contribution < -0.4 is 5.32 Å². The number of thiol groups is 1. The number of anilines is 1. The first kappa shape index (κ1) is 16.6. The van der Waals surface area contributed by atoms with E-state index in [-0.39, 0.29) is 67.9 Å². The van der Waals surface area contributed by atoms with Crippen molar-refractivity contribution in [2.24, 2.45) is 0 Å². The molecule has 0 aliphatic heterocycles. The first-order valence-corrected chi connectivity index (χ1v) is 5.99. The van der Waals surface area contributed by atoms with E-state index in [9.17, 15) is 13.2 Å². The molecule has 0 radical (unpaired) electrons. The second-order valence-corrected chi connectivity index (χ2v) is 4.44. The molecule has 0 aliphatic rings. The van der Waals surface area contributed by atoms with E-state index in [1.54, 1.807) is 0 Å². The van der Waals surface area contributed by atoms with Gasteiger partial charge in [0.25, 0.3) is 10.1 Å². The molecule has 0 unspecified atom stereocenters. The molecule has 0 saturated carbocycles. The predicted octanol–water partition coefficient (Wildman–Crippen LogP) is 0.153. The molecular weight excluding hydrogens is 277 g/mol. The fraction of sp³-hybridized carbons (Fsp3) is 0.125. The summed E-state index contributed by atoms with van der Waals surface area (Å²) in [6.45, 7) is 0. The topological polar surface area (TPSA) is 83.5 Å². The van der Waals surface area contributed by atoms with Crippen LogP contribution in [0, 0.1) is 0 Å². The number of rotatable bonds is 3. The van der Waals surface area contributed by atoms with E-state index in [1.807, 2.05) is 0 Å². The Kier molecular flexibility index (Phi) is 7.38. The summed E-state index contributed by atoms with van der Waals surface area (Å²) < 4.78 is 30.0. The molecule has 0 atom stereocenters. The zero-order chi connectivity index (χ0) is 11.5. The average Bonchev–Trinajstić information content (AvgIpc) is 2.17. The van der Waals surface area contributed by atoms with Gasteiger partial charge in [0.05, 0.1) is 10.6 Å². The Morgan fingerprint density at radius 2 is 1.81 bits per heavy atom. The third-order valence-corrected chi connectivity index (χ3v) is 2.73. The molecule has 1 aromatic carbocycles. The molecule has 16 heavy (non-hydrogen) atoms. The van der Waals surface area contributed by atoms with Crippen LogP contribution in [0.5, 0.6) is 0 Å². The number of nitrogens with one attached hydrogen (secondary N) is 1. The Labute approximate surface area is 142 Å². The van der Waals surface area contributed by atoms with Crippen LogP contribution in [-0.4, -0.2) is 76.0 Å². The summed E-state index contributed by atoms with van der Waals surface area (Å²) in [6.07, 6.45) is 0. The van der Waals surface area contributed by atoms with Crippen LogP contribution in [0.4, 0.5) is 5.69 Å². The maximum atomic E-state index is 10.9. The van der Waals surface area contributed by atoms with E-state index >= 15 is 0 Å². The second-order valence-electron chi connectivity index (χ2n) is 2.71. The minimum atomic E-state index is -4.18. The Morgan fingerprint density at radius 1 is 1.31 bits per heavy atom. The fourth-order valence-corrected chi connectivity index (χ4v) is 1.47. The third-order valence-electron chi connectivity index (χ3n) is 1.58. The standard InChI is InChI=1S/C8H9NO4S2.K.H/c10-8(5-14)9-6-1-3-7(4-2-6)15(11,12)13;;/h1-4,14H,5H2,(H,9,10)(H,11,12,13);;. The summed E-state index contributed by atoms with van der Waals surface area (Å²) in [5, 5.41) is 2.48. The number of carbonyl (C=O) groups is 1. The van der Waals surface area contributed by atoms with E-state index < -0.39 is 10.1 Å². The minimum absolute atomic E-state index is 0. The van der Waals surface area contributed by atoms with Gasteiger partial charge in [0.15, 0.2) is 0 Å². The molecule has 1 rings (SSSR count). The Morgan fingerprint density at radius 3 is 2.19 bits per heavy atom. The zero-order valence-electron chi connectivity index (χ0n) is 7.54. The Bertz CT molecular complexity index is 457. The monoisotopic (exact) mass is 287 g/mol. The number of benzene rings is 1. The predicted molar refractivity (Wildman–Crippen MR) is 65.9 cm³/mol. The van der Waals surface area contributed by atoms with Crippen molar-refractivity contribution in [1.29, 1.82) is 0 Å². The van der Waals surface area contributed by atoms with E-state index in [1.165, 1.54) is 24.3 Å². The first-order chi connectivity index (χ1) is 6.93. The van der Waals surface area contributed by atoms with Gasteiger partial charge in [-0.25, -0.2) is 0 Å². The van der Waals surface area contributed by atoms with Crippen LogP contribution in [0.15, 0.2) is 29.2 Å². The van der Waals surface area contributed by atoms with E-state index in [4.69, 9.17) is 4.55 Å². The zero-order valence-corrected chi connectivity index (χ0v) is 9.25. The van der Waals surface area contributed by atoms with Crippen LogP contribution in [0.1, 0.15) is 0 Å². The number of hydrogen-bond donors (Lipinski definition) is 3. The van der Waals surface area contributed by atoms with Gasteiger partial charge in [-0.05, 0) is 24.3 Å². The van der Waals surface area contributed by atoms with Gasteiger partial charge >= 0.3 is 51.4 Å². The van der Waals surface area contributed by atoms with Crippen LogP contribution in [0.3, 0.4) is 0 Å². The van der Waals surface area contributed by atoms with Crippen molar-refractivity contribution in [3.63, 3.8) is 0 Å². The molecule has 1 aromatic rings. The molecule has 0 saturated heterocycles. The van der Waals surface area contributed by atoms with Crippen molar-refractivity contribution in [2.45, 2.75) is 4.90 Å². The van der Waals surface area contributed by atoms with Crippen molar-refractivity contribution in [2.75, 3.05) is 11.1 Å². The summed E-state index contributed by atoms with van der Waals surface area (Å²) in [6, 6.07) is 5.15. The molecule has 5 nitrogen and oxygen atoms in total. The van der Waals surface area contributed by atoms with Gasteiger partial charge < -0.3 is 5.32 Å². The molecule has 0 spiro atoms. The summed E-state index contributed by atoms with van der Waals surface area (Å²) >= 11 is 3.76. The van der Waals surface area contributed by atoms with Gasteiger partial charge in [0.1, 0.15) is 0 Å². The normalized spacial score (nSPS) is 10.4. The van der Waals surface area contributed by atoms with E-state index in [0.29, 0.717) is 5.69 Å². The van der Waals surface area contributed by atoms with Crippen LogP contribution in [0.25, 0.3) is 0 Å². The summed E-state index contributed by atoms with van der Waals surface area (Å²) in [4.78, 5) is 10.7. The van der Waals surface area contributed by atoms with Crippen molar-refractivity contribution >= 4 is 85.7 Å². The molecule has 2 N–H and O–H groups in total. The number of carbonyl (C=O) groups excluding carboxylic acids is 1. The molecule has 84 valence electrons. The van der Waals surface area contributed by atoms with Crippen molar-refractivity contribution in [1.82, 2.24) is 0 Å². The Hall–Kier alpha value is 0.586. The molecule has 8 heteroatoms. The van der Waals surface area contributed by atoms with Gasteiger partial charge in [-0.15, -0.1) is 0 Å². The van der Waals surface area contributed by atoms with Gasteiger partial charge in [-0.3, -0.25) is 9.35 Å². The molecule has 0 fully saturated rings. The van der Waals surface area contributed by atoms with Gasteiger partial charge in [0, 0.05) is 5.69 Å². The summed E-state index contributed by atoms with van der Waals surface area (Å²) in [5.41, 5.74) is 0.446. The second kappa shape index (κ2) is 7.12. The Balaban J connectivity index is 0.00000225. The molecular formula is C8H10KNO4S2. The molecule has 0 aliphatic carbocycles. The van der Waals surface area contributed by atoms with E-state index in [2.05, 4.69) is 17.9 Å². The van der Waals surface area contributed by atoms with Gasteiger partial charge in [0.2, 0.25) is 5.91 Å². The van der Waals surface area contributed by atoms with Crippen LogP contribution in [-0.2, 0) is 14.9 Å². The average molecular weight is 287 g/mol. The molecule has 0 heterocycles. The quantitative estimate of drug-likeness (QED) is 0.420. The molecule has 0 aromatic heterocycles. The number of hydrogen-bond acceptors (Lipinski definition) is 4. The fourth-order valence-electron chi connectivity index (χ4n) is 0.911. The summed E-state index contributed by atoms with van der Waals surface area (Å²) in [7, 11) is -4.18. The van der Waals surface area contributed by atoms with Crippen molar-refractivity contribution in [3.8, 4) is 0 Å². The maximum absolute atomic E-state index is 10.9. The van der Waals surface area contributed by atoms with Crippen molar-refractivity contribution in [3.05, 3.63) is 24.3 Å².